The third-order valence-electron chi connectivity index (χ3n) is 7.71. The molecule has 1 atom stereocenters. The molecule has 1 aromatic carbocycles. The Labute approximate surface area is 191 Å². The molecular weight excluding hydrogens is 433 g/mol. The van der Waals surface area contributed by atoms with Crippen LogP contribution in [-0.4, -0.2) is 42.4 Å². The highest BCUT2D eigenvalue weighted by atomic mass is 19.4. The van der Waals surface area contributed by atoms with Crippen LogP contribution in [0.25, 0.3) is 0 Å². The van der Waals surface area contributed by atoms with Gasteiger partial charge in [-0.15, -0.1) is 0 Å². The SMILES string of the molecule is N#Cc1ccc(N2CCC3(CC2)CC(C(N)=O)N(C(=O)CC2CCCC2)C3)cc1C(F)(F)F. The maximum Gasteiger partial charge on any atom is 0.417 e. The predicted octanol–water partition coefficient (Wildman–Crippen LogP) is 3.83. The van der Waals surface area contributed by atoms with Crippen LogP contribution < -0.4 is 10.6 Å². The number of hydrogen-bond donors (Lipinski definition) is 1. The number of carbonyl (C=O) groups is 2. The summed E-state index contributed by atoms with van der Waals surface area (Å²) in [5, 5.41) is 9.02. The van der Waals surface area contributed by atoms with Crippen LogP contribution in [-0.2, 0) is 15.8 Å². The number of likely N-dealkylation sites (tertiary alicyclic amines) is 1. The largest absolute Gasteiger partial charge is 0.417 e. The van der Waals surface area contributed by atoms with E-state index in [0.717, 1.165) is 31.7 Å². The van der Waals surface area contributed by atoms with Crippen LogP contribution in [0.15, 0.2) is 18.2 Å². The number of halogens is 3. The summed E-state index contributed by atoms with van der Waals surface area (Å²) in [6, 6.07) is 4.79. The van der Waals surface area contributed by atoms with Crippen LogP contribution >= 0.6 is 0 Å². The first-order valence-electron chi connectivity index (χ1n) is 11.6. The Bertz CT molecular complexity index is 957. The number of nitrogens with two attached hydrogens (primary N) is 1. The van der Waals surface area contributed by atoms with Crippen molar-refractivity contribution in [2.45, 2.75) is 63.6 Å². The van der Waals surface area contributed by atoms with Gasteiger partial charge in [0.15, 0.2) is 0 Å². The number of nitriles is 1. The average Bonchev–Trinajstić information content (AvgIpc) is 3.41. The highest BCUT2D eigenvalue weighted by molar-refractivity contribution is 5.87. The normalized spacial score (nSPS) is 23.2. The summed E-state index contributed by atoms with van der Waals surface area (Å²) in [4.78, 5) is 28.7. The second kappa shape index (κ2) is 8.88. The van der Waals surface area contributed by atoms with E-state index in [-0.39, 0.29) is 11.3 Å². The number of nitrogens with zero attached hydrogens (tertiary/aromatic N) is 3. The van der Waals surface area contributed by atoms with E-state index in [9.17, 15) is 22.8 Å². The zero-order valence-electron chi connectivity index (χ0n) is 18.5. The molecule has 1 saturated carbocycles. The van der Waals surface area contributed by atoms with Crippen LogP contribution in [0.3, 0.4) is 0 Å². The molecule has 1 aromatic rings. The van der Waals surface area contributed by atoms with E-state index in [1.807, 2.05) is 4.90 Å². The third-order valence-corrected chi connectivity index (χ3v) is 7.71. The van der Waals surface area contributed by atoms with Gasteiger partial charge in [-0.2, -0.15) is 18.4 Å². The predicted molar refractivity (Wildman–Crippen MR) is 116 cm³/mol. The van der Waals surface area contributed by atoms with E-state index in [4.69, 9.17) is 11.0 Å². The number of benzene rings is 1. The summed E-state index contributed by atoms with van der Waals surface area (Å²) >= 11 is 0. The van der Waals surface area contributed by atoms with Crippen molar-refractivity contribution in [3.8, 4) is 6.07 Å². The molecule has 178 valence electrons. The van der Waals surface area contributed by atoms with Crippen molar-refractivity contribution in [2.24, 2.45) is 17.1 Å². The van der Waals surface area contributed by atoms with E-state index < -0.39 is 29.3 Å². The van der Waals surface area contributed by atoms with E-state index in [2.05, 4.69) is 0 Å². The molecular formula is C24H29F3N4O2. The van der Waals surface area contributed by atoms with Gasteiger partial charge in [0.25, 0.3) is 0 Å². The Hall–Kier alpha value is -2.76. The molecule has 6 nitrogen and oxygen atoms in total. The Morgan fingerprint density at radius 2 is 1.85 bits per heavy atom. The number of anilines is 1. The molecule has 1 aliphatic carbocycles. The van der Waals surface area contributed by atoms with Gasteiger partial charge in [0.05, 0.1) is 17.2 Å². The van der Waals surface area contributed by atoms with Crippen molar-refractivity contribution in [2.75, 3.05) is 24.5 Å². The van der Waals surface area contributed by atoms with Gasteiger partial charge in [0.2, 0.25) is 11.8 Å². The standard InChI is InChI=1S/C24H29F3N4O2/c25-24(26,27)19-12-18(6-5-17(19)14-28)30-9-7-23(8-10-30)13-20(22(29)33)31(15-23)21(32)11-16-3-1-2-4-16/h5-6,12,16,20H,1-4,7-11,13,15H2,(H2,29,33). The second-order valence-electron chi connectivity index (χ2n) is 9.83. The Morgan fingerprint density at radius 3 is 2.42 bits per heavy atom. The summed E-state index contributed by atoms with van der Waals surface area (Å²) in [5.41, 5.74) is 4.51. The van der Waals surface area contributed by atoms with Crippen LogP contribution in [0.1, 0.15) is 62.5 Å². The fraction of sp³-hybridized carbons (Fsp3) is 0.625. The fourth-order valence-electron chi connectivity index (χ4n) is 5.81. The molecule has 0 aromatic heterocycles. The number of alkyl halides is 3. The lowest BCUT2D eigenvalue weighted by Gasteiger charge is -2.40. The van der Waals surface area contributed by atoms with Crippen LogP contribution in [0.4, 0.5) is 18.9 Å². The lowest BCUT2D eigenvalue weighted by molar-refractivity contribution is -0.138. The highest BCUT2D eigenvalue weighted by Gasteiger charge is 2.49. The minimum absolute atomic E-state index is 0.00749. The molecule has 3 fully saturated rings. The van der Waals surface area contributed by atoms with Crippen LogP contribution in [0, 0.1) is 22.7 Å². The molecule has 3 aliphatic rings. The highest BCUT2D eigenvalue weighted by Crippen LogP contribution is 2.45. The topological polar surface area (TPSA) is 90.4 Å². The first-order chi connectivity index (χ1) is 15.6. The van der Waals surface area contributed by atoms with Crippen molar-refractivity contribution in [1.82, 2.24) is 4.90 Å². The Morgan fingerprint density at radius 1 is 1.18 bits per heavy atom. The lowest BCUT2D eigenvalue weighted by Crippen LogP contribution is -2.44. The summed E-state index contributed by atoms with van der Waals surface area (Å²) in [6.45, 7) is 1.50. The van der Waals surface area contributed by atoms with Gasteiger partial charge in [0.1, 0.15) is 6.04 Å². The second-order valence-corrected chi connectivity index (χ2v) is 9.83. The average molecular weight is 463 g/mol. The minimum Gasteiger partial charge on any atom is -0.371 e. The van der Waals surface area contributed by atoms with Crippen molar-refractivity contribution in [1.29, 1.82) is 5.26 Å². The summed E-state index contributed by atoms with van der Waals surface area (Å²) in [6.07, 6.45) is 2.06. The Balaban J connectivity index is 1.46. The number of carbonyl (C=O) groups excluding carboxylic acids is 2. The monoisotopic (exact) mass is 462 g/mol. The van der Waals surface area contributed by atoms with Gasteiger partial charge in [-0.3, -0.25) is 9.59 Å². The summed E-state index contributed by atoms with van der Waals surface area (Å²) in [5.74, 6) is -0.119. The number of amides is 2. The maximum atomic E-state index is 13.4. The third kappa shape index (κ3) is 4.80. The molecule has 2 heterocycles. The first kappa shape index (κ1) is 23.4. The number of rotatable bonds is 4. The van der Waals surface area contributed by atoms with E-state index in [1.165, 1.54) is 6.07 Å². The van der Waals surface area contributed by atoms with Crippen LogP contribution in [0.2, 0.25) is 0 Å². The van der Waals surface area contributed by atoms with Gasteiger partial charge in [0, 0.05) is 31.7 Å². The van der Waals surface area contributed by atoms with E-state index in [1.54, 1.807) is 17.0 Å². The zero-order valence-corrected chi connectivity index (χ0v) is 18.5. The molecule has 0 bridgehead atoms. The molecule has 1 unspecified atom stereocenters. The van der Waals surface area contributed by atoms with Crippen LogP contribution in [0.5, 0.6) is 0 Å². The number of piperidine rings is 1. The first-order valence-corrected chi connectivity index (χ1v) is 11.6. The molecule has 2 saturated heterocycles. The summed E-state index contributed by atoms with van der Waals surface area (Å²) in [7, 11) is 0. The molecule has 9 heteroatoms. The van der Waals surface area contributed by atoms with E-state index >= 15 is 0 Å². The molecule has 1 spiro atoms. The molecule has 2 N–H and O–H groups in total. The smallest absolute Gasteiger partial charge is 0.371 e. The van der Waals surface area contributed by atoms with Crippen molar-refractivity contribution in [3.05, 3.63) is 29.3 Å². The quantitative estimate of drug-likeness (QED) is 0.736. The molecule has 33 heavy (non-hydrogen) atoms. The van der Waals surface area contributed by atoms with E-state index in [0.29, 0.717) is 56.9 Å². The maximum absolute atomic E-state index is 13.4. The Kier molecular flexibility index (Phi) is 6.30. The van der Waals surface area contributed by atoms with Gasteiger partial charge in [-0.25, -0.2) is 0 Å². The summed E-state index contributed by atoms with van der Waals surface area (Å²) < 4.78 is 40.1. The molecule has 2 amide bonds. The minimum atomic E-state index is -4.60. The van der Waals surface area contributed by atoms with Gasteiger partial charge in [-0.05, 0) is 61.6 Å². The molecule has 0 radical (unpaired) electrons. The molecule has 2 aliphatic heterocycles. The zero-order chi connectivity index (χ0) is 23.8. The number of primary amides is 1. The van der Waals surface area contributed by atoms with Crippen molar-refractivity contribution in [3.63, 3.8) is 0 Å². The van der Waals surface area contributed by atoms with Crippen molar-refractivity contribution < 1.29 is 22.8 Å². The number of hydrogen-bond acceptors (Lipinski definition) is 4. The van der Waals surface area contributed by atoms with Gasteiger partial charge in [-0.1, -0.05) is 12.8 Å². The molecule has 4 rings (SSSR count). The fourth-order valence-corrected chi connectivity index (χ4v) is 5.81. The van der Waals surface area contributed by atoms with Crippen molar-refractivity contribution >= 4 is 17.5 Å². The lowest BCUT2D eigenvalue weighted by atomic mass is 9.76. The van der Waals surface area contributed by atoms with Gasteiger partial charge >= 0.3 is 6.18 Å². The van der Waals surface area contributed by atoms with Gasteiger partial charge < -0.3 is 15.5 Å².